The van der Waals surface area contributed by atoms with Gasteiger partial charge in [-0.15, -0.1) is 0 Å². The van der Waals surface area contributed by atoms with Gasteiger partial charge in [0.25, 0.3) is 0 Å². The predicted molar refractivity (Wildman–Crippen MR) is 114 cm³/mol. The SMILES string of the molecule is Cc1ccc(COC(=O)c2cc(C)c(NC(=S)NCCCN)cc2C)cc1. The van der Waals surface area contributed by atoms with Crippen molar-refractivity contribution in [3.05, 3.63) is 64.2 Å². The molecule has 0 bridgehead atoms. The maximum Gasteiger partial charge on any atom is 0.338 e. The fourth-order valence-electron chi connectivity index (χ4n) is 2.55. The van der Waals surface area contributed by atoms with Crippen molar-refractivity contribution in [3.63, 3.8) is 0 Å². The Bertz CT molecular complexity index is 804. The Kier molecular flexibility index (Phi) is 7.76. The molecule has 0 fully saturated rings. The van der Waals surface area contributed by atoms with E-state index >= 15 is 0 Å². The van der Waals surface area contributed by atoms with Gasteiger partial charge in [0, 0.05) is 12.2 Å². The van der Waals surface area contributed by atoms with E-state index in [1.807, 2.05) is 57.2 Å². The zero-order valence-corrected chi connectivity index (χ0v) is 16.9. The van der Waals surface area contributed by atoms with Crippen LogP contribution >= 0.6 is 12.2 Å². The summed E-state index contributed by atoms with van der Waals surface area (Å²) in [5, 5.41) is 6.82. The highest BCUT2D eigenvalue weighted by atomic mass is 32.1. The zero-order chi connectivity index (χ0) is 19.8. The fraction of sp³-hybridized carbons (Fsp3) is 0.333. The molecule has 2 rings (SSSR count). The summed E-state index contributed by atoms with van der Waals surface area (Å²) in [6.45, 7) is 7.44. The normalized spacial score (nSPS) is 10.4. The molecule has 0 spiro atoms. The molecule has 6 heteroatoms. The van der Waals surface area contributed by atoms with Crippen molar-refractivity contribution in [2.24, 2.45) is 5.73 Å². The number of carbonyl (C=O) groups is 1. The van der Waals surface area contributed by atoms with Gasteiger partial charge in [0.1, 0.15) is 6.61 Å². The van der Waals surface area contributed by atoms with Gasteiger partial charge in [0.15, 0.2) is 5.11 Å². The number of benzene rings is 2. The maximum absolute atomic E-state index is 12.5. The molecule has 2 aromatic carbocycles. The lowest BCUT2D eigenvalue weighted by Crippen LogP contribution is -2.30. The lowest BCUT2D eigenvalue weighted by Gasteiger charge is -2.15. The molecule has 4 N–H and O–H groups in total. The third kappa shape index (κ3) is 6.34. The quantitative estimate of drug-likeness (QED) is 0.384. The van der Waals surface area contributed by atoms with Gasteiger partial charge in [-0.25, -0.2) is 4.79 Å². The number of hydrogen-bond donors (Lipinski definition) is 3. The Morgan fingerprint density at radius 2 is 1.81 bits per heavy atom. The third-order valence-electron chi connectivity index (χ3n) is 4.20. The molecule has 0 aliphatic heterocycles. The number of esters is 1. The van der Waals surface area contributed by atoms with Crippen molar-refractivity contribution in [2.75, 3.05) is 18.4 Å². The van der Waals surface area contributed by atoms with Crippen LogP contribution in [-0.2, 0) is 11.3 Å². The Balaban J connectivity index is 2.01. The molecular formula is C21H27N3O2S. The van der Waals surface area contributed by atoms with Crippen molar-refractivity contribution in [1.82, 2.24) is 5.32 Å². The summed E-state index contributed by atoms with van der Waals surface area (Å²) in [7, 11) is 0. The number of nitrogens with one attached hydrogen (secondary N) is 2. The van der Waals surface area contributed by atoms with Gasteiger partial charge in [-0.2, -0.15) is 0 Å². The Morgan fingerprint density at radius 3 is 2.48 bits per heavy atom. The molecule has 0 radical (unpaired) electrons. The van der Waals surface area contributed by atoms with E-state index in [2.05, 4.69) is 10.6 Å². The molecule has 2 aromatic rings. The van der Waals surface area contributed by atoms with Crippen LogP contribution in [0.2, 0.25) is 0 Å². The van der Waals surface area contributed by atoms with Crippen molar-refractivity contribution in [1.29, 1.82) is 0 Å². The van der Waals surface area contributed by atoms with E-state index in [9.17, 15) is 4.79 Å². The number of ether oxygens (including phenoxy) is 1. The van der Waals surface area contributed by atoms with Crippen molar-refractivity contribution in [2.45, 2.75) is 33.8 Å². The molecule has 0 aliphatic rings. The minimum Gasteiger partial charge on any atom is -0.457 e. The average Bonchev–Trinajstić information content (AvgIpc) is 2.64. The lowest BCUT2D eigenvalue weighted by atomic mass is 10.0. The van der Waals surface area contributed by atoms with Crippen LogP contribution in [0.25, 0.3) is 0 Å². The van der Waals surface area contributed by atoms with Crippen LogP contribution in [0.15, 0.2) is 36.4 Å². The summed E-state index contributed by atoms with van der Waals surface area (Å²) in [4.78, 5) is 12.5. The van der Waals surface area contributed by atoms with Crippen LogP contribution in [0, 0.1) is 20.8 Å². The third-order valence-corrected chi connectivity index (χ3v) is 4.44. The topological polar surface area (TPSA) is 76.4 Å². The van der Waals surface area contributed by atoms with E-state index in [1.165, 1.54) is 5.56 Å². The van der Waals surface area contributed by atoms with Gasteiger partial charge in [-0.3, -0.25) is 0 Å². The number of aryl methyl sites for hydroxylation is 3. The molecule has 0 amide bonds. The smallest absolute Gasteiger partial charge is 0.338 e. The van der Waals surface area contributed by atoms with E-state index in [0.717, 1.165) is 35.3 Å². The second kappa shape index (κ2) is 10.0. The number of anilines is 1. The summed E-state index contributed by atoms with van der Waals surface area (Å²) in [6, 6.07) is 11.7. The van der Waals surface area contributed by atoms with E-state index in [-0.39, 0.29) is 12.6 Å². The first-order chi connectivity index (χ1) is 12.9. The first kappa shape index (κ1) is 20.9. The van der Waals surface area contributed by atoms with Crippen LogP contribution in [0.5, 0.6) is 0 Å². The second-order valence-corrected chi connectivity index (χ2v) is 6.98. The monoisotopic (exact) mass is 385 g/mol. The summed E-state index contributed by atoms with van der Waals surface area (Å²) >= 11 is 5.29. The first-order valence-corrected chi connectivity index (χ1v) is 9.40. The molecule has 0 saturated heterocycles. The molecule has 5 nitrogen and oxygen atoms in total. The molecular weight excluding hydrogens is 358 g/mol. The number of thiocarbonyl (C=S) groups is 1. The van der Waals surface area contributed by atoms with E-state index in [4.69, 9.17) is 22.7 Å². The van der Waals surface area contributed by atoms with Crippen LogP contribution in [0.3, 0.4) is 0 Å². The van der Waals surface area contributed by atoms with Gasteiger partial charge in [-0.05, 0) is 74.8 Å². The average molecular weight is 386 g/mol. The lowest BCUT2D eigenvalue weighted by molar-refractivity contribution is 0.0472. The predicted octanol–water partition coefficient (Wildman–Crippen LogP) is 3.60. The van der Waals surface area contributed by atoms with Gasteiger partial charge >= 0.3 is 5.97 Å². The molecule has 0 unspecified atom stereocenters. The number of hydrogen-bond acceptors (Lipinski definition) is 4. The number of nitrogens with two attached hydrogens (primary N) is 1. The fourth-order valence-corrected chi connectivity index (χ4v) is 2.76. The van der Waals surface area contributed by atoms with Crippen molar-refractivity contribution < 1.29 is 9.53 Å². The van der Waals surface area contributed by atoms with Crippen LogP contribution < -0.4 is 16.4 Å². The van der Waals surface area contributed by atoms with Crippen molar-refractivity contribution in [3.8, 4) is 0 Å². The number of carbonyl (C=O) groups excluding carboxylic acids is 1. The molecule has 0 heterocycles. The second-order valence-electron chi connectivity index (χ2n) is 6.57. The molecule has 0 aromatic heterocycles. The van der Waals surface area contributed by atoms with Gasteiger partial charge in [0.05, 0.1) is 5.56 Å². The Morgan fingerprint density at radius 1 is 1.11 bits per heavy atom. The first-order valence-electron chi connectivity index (χ1n) is 8.99. The molecule has 0 saturated carbocycles. The Hall–Kier alpha value is -2.44. The maximum atomic E-state index is 12.5. The minimum atomic E-state index is -0.327. The summed E-state index contributed by atoms with van der Waals surface area (Å²) in [5.41, 5.74) is 10.8. The highest BCUT2D eigenvalue weighted by Crippen LogP contribution is 2.22. The van der Waals surface area contributed by atoms with Gasteiger partial charge in [0.2, 0.25) is 0 Å². The standard InChI is InChI=1S/C21H27N3O2S/c1-14-5-7-17(8-6-14)13-26-20(25)18-11-16(3)19(12-15(18)2)24-21(27)23-10-4-9-22/h5-8,11-12H,4,9-10,13,22H2,1-3H3,(H2,23,24,27). The molecule has 27 heavy (non-hydrogen) atoms. The Labute approximate surface area is 166 Å². The van der Waals surface area contributed by atoms with Crippen LogP contribution in [0.1, 0.15) is 39.0 Å². The highest BCUT2D eigenvalue weighted by molar-refractivity contribution is 7.80. The highest BCUT2D eigenvalue weighted by Gasteiger charge is 2.14. The van der Waals surface area contributed by atoms with Crippen LogP contribution in [-0.4, -0.2) is 24.2 Å². The van der Waals surface area contributed by atoms with Crippen molar-refractivity contribution >= 4 is 29.0 Å². The summed E-state index contributed by atoms with van der Waals surface area (Å²) < 4.78 is 5.47. The number of rotatable bonds is 7. The molecule has 0 atom stereocenters. The molecule has 0 aliphatic carbocycles. The molecule has 144 valence electrons. The summed E-state index contributed by atoms with van der Waals surface area (Å²) in [6.07, 6.45) is 0.853. The van der Waals surface area contributed by atoms with E-state index in [1.54, 1.807) is 0 Å². The van der Waals surface area contributed by atoms with Gasteiger partial charge < -0.3 is 21.1 Å². The van der Waals surface area contributed by atoms with E-state index < -0.39 is 0 Å². The van der Waals surface area contributed by atoms with E-state index in [0.29, 0.717) is 17.2 Å². The largest absolute Gasteiger partial charge is 0.457 e. The minimum absolute atomic E-state index is 0.257. The van der Waals surface area contributed by atoms with Gasteiger partial charge in [-0.1, -0.05) is 29.8 Å². The zero-order valence-electron chi connectivity index (χ0n) is 16.1. The summed E-state index contributed by atoms with van der Waals surface area (Å²) in [5.74, 6) is -0.327. The van der Waals surface area contributed by atoms with Crippen LogP contribution in [0.4, 0.5) is 5.69 Å².